The third-order valence-corrected chi connectivity index (χ3v) is 8.47. The minimum Gasteiger partial charge on any atom is -0.384 e. The van der Waals surface area contributed by atoms with Crippen molar-refractivity contribution in [3.05, 3.63) is 71.3 Å². The number of nitrogens with two attached hydrogens (primary N) is 2. The number of carbonyl (C=O) groups excluding carboxylic acids is 2. The molecule has 8 heteroatoms. The molecule has 0 aromatic heterocycles. The Morgan fingerprint density at radius 3 is 2.17 bits per heavy atom. The molecule has 222 valence electrons. The number of likely N-dealkylation sites (tertiary alicyclic amines) is 1. The molecule has 2 aromatic rings. The van der Waals surface area contributed by atoms with Gasteiger partial charge in [-0.2, -0.15) is 0 Å². The zero-order chi connectivity index (χ0) is 29.2. The van der Waals surface area contributed by atoms with Crippen LogP contribution in [-0.2, 0) is 22.4 Å². The number of benzene rings is 2. The molecule has 5 N–H and O–H groups in total. The summed E-state index contributed by atoms with van der Waals surface area (Å²) in [5.74, 6) is 1.58. The Balaban J connectivity index is 1.34. The fourth-order valence-corrected chi connectivity index (χ4v) is 6.08. The van der Waals surface area contributed by atoms with Gasteiger partial charge in [-0.3, -0.25) is 14.6 Å². The van der Waals surface area contributed by atoms with Crippen LogP contribution in [0.4, 0.5) is 0 Å². The molecule has 1 saturated carbocycles. The Bertz CT molecular complexity index is 1140. The van der Waals surface area contributed by atoms with Crippen LogP contribution in [0.3, 0.4) is 0 Å². The number of amidine groups is 1. The predicted octanol–water partition coefficient (Wildman–Crippen LogP) is 2.98. The minimum atomic E-state index is -0.729. The first-order valence-electron chi connectivity index (χ1n) is 15.2. The molecule has 4 rings (SSSR count). The van der Waals surface area contributed by atoms with Crippen molar-refractivity contribution >= 4 is 17.6 Å². The van der Waals surface area contributed by atoms with E-state index in [2.05, 4.69) is 24.3 Å². The first-order chi connectivity index (χ1) is 19.8. The van der Waals surface area contributed by atoms with Gasteiger partial charge in [0.05, 0.1) is 6.04 Å². The van der Waals surface area contributed by atoms with Crippen LogP contribution in [0.5, 0.6) is 0 Å². The zero-order valence-electron chi connectivity index (χ0n) is 24.8. The van der Waals surface area contributed by atoms with Gasteiger partial charge in [0.15, 0.2) is 0 Å². The molecule has 1 saturated heterocycles. The Morgan fingerprint density at radius 1 is 0.927 bits per heavy atom. The third kappa shape index (κ3) is 9.40. The Kier molecular flexibility index (Phi) is 11.3. The Hall–Kier alpha value is -3.23. The van der Waals surface area contributed by atoms with Crippen molar-refractivity contribution in [1.82, 2.24) is 15.1 Å². The zero-order valence-corrected chi connectivity index (χ0v) is 24.8. The van der Waals surface area contributed by atoms with Gasteiger partial charge in [0.2, 0.25) is 11.8 Å². The first-order valence-corrected chi connectivity index (χ1v) is 15.2. The summed E-state index contributed by atoms with van der Waals surface area (Å²) >= 11 is 0. The average Bonchev–Trinajstić information content (AvgIpc) is 3.52. The second kappa shape index (κ2) is 15.1. The van der Waals surface area contributed by atoms with Crippen LogP contribution in [0.25, 0.3) is 0 Å². The van der Waals surface area contributed by atoms with Gasteiger partial charge in [0.1, 0.15) is 11.9 Å². The van der Waals surface area contributed by atoms with Crippen LogP contribution < -0.4 is 16.8 Å². The second-order valence-electron chi connectivity index (χ2n) is 12.2. The largest absolute Gasteiger partial charge is 0.384 e. The summed E-state index contributed by atoms with van der Waals surface area (Å²) in [7, 11) is 4.29. The highest BCUT2D eigenvalue weighted by atomic mass is 16.2. The van der Waals surface area contributed by atoms with E-state index < -0.39 is 12.1 Å². The monoisotopic (exact) mass is 560 g/mol. The minimum absolute atomic E-state index is 0.0479. The van der Waals surface area contributed by atoms with Gasteiger partial charge in [0.25, 0.3) is 0 Å². The summed E-state index contributed by atoms with van der Waals surface area (Å²) in [4.78, 5) is 35.3. The van der Waals surface area contributed by atoms with Crippen molar-refractivity contribution in [2.24, 2.45) is 28.3 Å². The topological polar surface area (TPSA) is 117 Å². The molecule has 0 spiro atoms. The number of rotatable bonds is 12. The van der Waals surface area contributed by atoms with Crippen LogP contribution in [0, 0.1) is 11.8 Å². The molecule has 1 aliphatic carbocycles. The van der Waals surface area contributed by atoms with E-state index in [0.29, 0.717) is 24.6 Å². The number of hydrogen-bond acceptors (Lipinski definition) is 5. The maximum atomic E-state index is 13.4. The molecule has 2 amide bonds. The molecular formula is C33H48N6O2. The van der Waals surface area contributed by atoms with Gasteiger partial charge in [-0.25, -0.2) is 0 Å². The van der Waals surface area contributed by atoms with Gasteiger partial charge >= 0.3 is 0 Å². The summed E-state index contributed by atoms with van der Waals surface area (Å²) in [5.41, 5.74) is 15.4. The summed E-state index contributed by atoms with van der Waals surface area (Å²) in [6.45, 7) is 3.39. The predicted molar refractivity (Wildman–Crippen MR) is 166 cm³/mol. The van der Waals surface area contributed by atoms with E-state index in [4.69, 9.17) is 16.5 Å². The normalized spacial score (nSPS) is 21.1. The van der Waals surface area contributed by atoms with Gasteiger partial charge < -0.3 is 26.6 Å². The van der Waals surface area contributed by atoms with Crippen molar-refractivity contribution in [2.45, 2.75) is 63.5 Å². The lowest BCUT2D eigenvalue weighted by Gasteiger charge is -2.29. The molecule has 2 aliphatic rings. The molecule has 0 bridgehead atoms. The van der Waals surface area contributed by atoms with Crippen molar-refractivity contribution in [3.8, 4) is 0 Å². The summed E-state index contributed by atoms with van der Waals surface area (Å²) in [5, 5.41) is 2.96. The molecule has 2 aromatic carbocycles. The van der Waals surface area contributed by atoms with E-state index in [1.807, 2.05) is 59.5 Å². The Labute approximate surface area is 245 Å². The molecule has 0 radical (unpaired) electrons. The van der Waals surface area contributed by atoms with E-state index in [1.165, 1.54) is 32.2 Å². The number of hydrogen-bond donors (Lipinski definition) is 3. The van der Waals surface area contributed by atoms with Crippen molar-refractivity contribution in [1.29, 1.82) is 0 Å². The van der Waals surface area contributed by atoms with Gasteiger partial charge in [-0.15, -0.1) is 0 Å². The smallest absolute Gasteiger partial charge is 0.245 e. The molecule has 8 nitrogen and oxygen atoms in total. The van der Waals surface area contributed by atoms with Crippen molar-refractivity contribution in [2.75, 3.05) is 40.3 Å². The van der Waals surface area contributed by atoms with Crippen LogP contribution in [0.15, 0.2) is 59.6 Å². The molecule has 2 fully saturated rings. The second-order valence-corrected chi connectivity index (χ2v) is 12.2. The fourth-order valence-electron chi connectivity index (χ4n) is 6.08. The molecule has 1 aliphatic heterocycles. The number of amides is 2. The molecule has 2 unspecified atom stereocenters. The van der Waals surface area contributed by atoms with Crippen LogP contribution in [-0.4, -0.2) is 79.8 Å². The summed E-state index contributed by atoms with van der Waals surface area (Å²) in [6, 6.07) is 16.2. The van der Waals surface area contributed by atoms with Crippen LogP contribution >= 0.6 is 0 Å². The summed E-state index contributed by atoms with van der Waals surface area (Å²) in [6.07, 6.45) is 7.74. The SMILES string of the molecule is CN(C)CC1CCC(CN=C(N)c2ccc(CC(NC(=O)C(N)Cc3ccccc3)C(=O)N3CCCC3)cc2)CC1. The van der Waals surface area contributed by atoms with Gasteiger partial charge in [-0.05, 0) is 82.0 Å². The number of carbonyl (C=O) groups is 2. The lowest BCUT2D eigenvalue weighted by atomic mass is 9.82. The van der Waals surface area contributed by atoms with Crippen molar-refractivity contribution in [3.63, 3.8) is 0 Å². The first kappa shape index (κ1) is 30.7. The van der Waals surface area contributed by atoms with E-state index in [0.717, 1.165) is 55.1 Å². The molecule has 2 atom stereocenters. The highest BCUT2D eigenvalue weighted by Gasteiger charge is 2.29. The van der Waals surface area contributed by atoms with Crippen LogP contribution in [0.1, 0.15) is 55.2 Å². The molecule has 1 heterocycles. The molecule has 41 heavy (non-hydrogen) atoms. The number of aliphatic imine (C=N–C) groups is 1. The standard InChI is InChI=1S/C33H48N6O2/c1-38(2)23-27-12-10-26(11-13-27)22-36-31(35)28-16-14-25(15-17-28)21-30(33(41)39-18-6-7-19-39)37-32(40)29(34)20-24-8-4-3-5-9-24/h3-5,8-9,14-17,26-27,29-30H,6-7,10-13,18-23,34H2,1-2H3,(H2,35,36)(H,37,40). The van der Waals surface area contributed by atoms with Crippen LogP contribution in [0.2, 0.25) is 0 Å². The fraction of sp³-hybridized carbons (Fsp3) is 0.545. The maximum absolute atomic E-state index is 13.4. The van der Waals surface area contributed by atoms with Gasteiger partial charge in [-0.1, -0.05) is 54.6 Å². The quantitative estimate of drug-likeness (QED) is 0.273. The average molecular weight is 561 g/mol. The maximum Gasteiger partial charge on any atom is 0.245 e. The van der Waals surface area contributed by atoms with E-state index in [-0.39, 0.29) is 11.8 Å². The van der Waals surface area contributed by atoms with Gasteiger partial charge in [0, 0.05) is 38.2 Å². The van der Waals surface area contributed by atoms with E-state index >= 15 is 0 Å². The lowest BCUT2D eigenvalue weighted by molar-refractivity contribution is -0.135. The van der Waals surface area contributed by atoms with Crippen molar-refractivity contribution < 1.29 is 9.59 Å². The Morgan fingerprint density at radius 2 is 1.54 bits per heavy atom. The molecular weight excluding hydrogens is 512 g/mol. The number of nitrogens with one attached hydrogen (secondary N) is 1. The highest BCUT2D eigenvalue weighted by Crippen LogP contribution is 2.29. The highest BCUT2D eigenvalue weighted by molar-refractivity contribution is 5.97. The van der Waals surface area contributed by atoms with E-state index in [1.54, 1.807) is 0 Å². The van der Waals surface area contributed by atoms with E-state index in [9.17, 15) is 9.59 Å². The lowest BCUT2D eigenvalue weighted by Crippen LogP contribution is -2.53. The summed E-state index contributed by atoms with van der Waals surface area (Å²) < 4.78 is 0. The number of nitrogens with zero attached hydrogens (tertiary/aromatic N) is 3. The third-order valence-electron chi connectivity index (χ3n) is 8.47.